The smallest absolute Gasteiger partial charge is 0.244 e. The van der Waals surface area contributed by atoms with E-state index in [4.69, 9.17) is 23.2 Å². The third kappa shape index (κ3) is 7.06. The number of nitrogens with one attached hydrogen (secondary N) is 1. The number of anilines is 1. The molecule has 0 saturated heterocycles. The van der Waals surface area contributed by atoms with E-state index in [0.29, 0.717) is 12.1 Å². The quantitative estimate of drug-likeness (QED) is 0.518. The lowest BCUT2D eigenvalue weighted by atomic mass is 10.1. The van der Waals surface area contributed by atoms with E-state index in [-0.39, 0.29) is 34.6 Å². The molecule has 0 aliphatic heterocycles. The van der Waals surface area contributed by atoms with Crippen LogP contribution in [-0.4, -0.2) is 50.5 Å². The van der Waals surface area contributed by atoms with Crippen LogP contribution >= 0.6 is 23.2 Å². The van der Waals surface area contributed by atoms with Gasteiger partial charge >= 0.3 is 0 Å². The lowest BCUT2D eigenvalue weighted by Crippen LogP contribution is -2.52. The van der Waals surface area contributed by atoms with Crippen LogP contribution in [0.3, 0.4) is 0 Å². The number of nitrogens with zero attached hydrogens (tertiary/aromatic N) is 2. The molecule has 11 heteroatoms. The molecule has 2 aromatic carbocycles. The van der Waals surface area contributed by atoms with E-state index in [1.54, 1.807) is 13.8 Å². The van der Waals surface area contributed by atoms with Gasteiger partial charge in [-0.3, -0.25) is 13.9 Å². The van der Waals surface area contributed by atoms with Crippen LogP contribution in [0.2, 0.25) is 10.0 Å². The number of carbonyl (C=O) groups excluding carboxylic acids is 2. The minimum absolute atomic E-state index is 0.0155. The lowest BCUT2D eigenvalue weighted by molar-refractivity contribution is -0.140. The molecule has 1 N–H and O–H groups in total. The second-order valence-corrected chi connectivity index (χ2v) is 10.0. The molecule has 0 unspecified atom stereocenters. The van der Waals surface area contributed by atoms with E-state index in [1.165, 1.54) is 47.4 Å². The maximum Gasteiger partial charge on any atom is 0.244 e. The molecular weight excluding hydrogens is 492 g/mol. The van der Waals surface area contributed by atoms with Gasteiger partial charge in [-0.25, -0.2) is 12.8 Å². The second-order valence-electron chi connectivity index (χ2n) is 7.31. The largest absolute Gasteiger partial charge is 0.355 e. The van der Waals surface area contributed by atoms with Crippen LogP contribution in [0.25, 0.3) is 0 Å². The van der Waals surface area contributed by atoms with Crippen LogP contribution in [0.15, 0.2) is 42.5 Å². The molecule has 0 heterocycles. The van der Waals surface area contributed by atoms with Crippen molar-refractivity contribution in [1.82, 2.24) is 10.2 Å². The number of hydrogen-bond acceptors (Lipinski definition) is 4. The average molecular weight is 518 g/mol. The highest BCUT2D eigenvalue weighted by Gasteiger charge is 2.32. The van der Waals surface area contributed by atoms with Crippen molar-refractivity contribution in [1.29, 1.82) is 0 Å². The summed E-state index contributed by atoms with van der Waals surface area (Å²) in [7, 11) is -3.93. The third-order valence-electron chi connectivity index (χ3n) is 4.88. The molecule has 33 heavy (non-hydrogen) atoms. The zero-order valence-electron chi connectivity index (χ0n) is 18.5. The summed E-state index contributed by atoms with van der Waals surface area (Å²) in [6.45, 7) is 3.24. The third-order valence-corrected chi connectivity index (χ3v) is 6.82. The van der Waals surface area contributed by atoms with E-state index in [2.05, 4.69) is 5.32 Å². The van der Waals surface area contributed by atoms with Gasteiger partial charge in [0, 0.05) is 13.1 Å². The second kappa shape index (κ2) is 11.7. The first-order valence-corrected chi connectivity index (χ1v) is 12.8. The van der Waals surface area contributed by atoms with Gasteiger partial charge in [0.2, 0.25) is 21.8 Å². The maximum atomic E-state index is 13.4. The standard InChI is InChI=1S/C22H26Cl2FN3O4S/c1-4-18(22(30)26-5-2)27(13-15-9-11-16(25)12-10-15)20(29)14-28(33(3,31)32)19-8-6-7-17(23)21(19)24/h6-12,18H,4-5,13-14H2,1-3H3,(H,26,30)/t18-/m1/s1. The van der Waals surface area contributed by atoms with Gasteiger partial charge in [0.1, 0.15) is 18.4 Å². The molecule has 0 saturated carbocycles. The molecule has 2 rings (SSSR count). The molecule has 180 valence electrons. The Bertz CT molecular complexity index is 1100. The van der Waals surface area contributed by atoms with Gasteiger partial charge in [-0.05, 0) is 43.2 Å². The normalized spacial score (nSPS) is 12.2. The maximum absolute atomic E-state index is 13.4. The van der Waals surface area contributed by atoms with Crippen LogP contribution in [0.1, 0.15) is 25.8 Å². The minimum Gasteiger partial charge on any atom is -0.355 e. The fourth-order valence-electron chi connectivity index (χ4n) is 3.28. The molecule has 0 bridgehead atoms. The molecule has 0 aliphatic rings. The van der Waals surface area contributed by atoms with Gasteiger partial charge in [-0.15, -0.1) is 0 Å². The Kier molecular flexibility index (Phi) is 9.51. The Balaban J connectivity index is 2.47. The van der Waals surface area contributed by atoms with Crippen LogP contribution in [0.5, 0.6) is 0 Å². The van der Waals surface area contributed by atoms with Crippen molar-refractivity contribution >= 4 is 50.7 Å². The number of amides is 2. The summed E-state index contributed by atoms with van der Waals surface area (Å²) < 4.78 is 39.3. The Morgan fingerprint density at radius 3 is 2.27 bits per heavy atom. The summed E-state index contributed by atoms with van der Waals surface area (Å²) in [6.07, 6.45) is 1.23. The van der Waals surface area contributed by atoms with Crippen LogP contribution in [-0.2, 0) is 26.2 Å². The van der Waals surface area contributed by atoms with Gasteiger partial charge < -0.3 is 10.2 Å². The fourth-order valence-corrected chi connectivity index (χ4v) is 4.58. The van der Waals surface area contributed by atoms with Gasteiger partial charge in [0.25, 0.3) is 0 Å². The van der Waals surface area contributed by atoms with Crippen LogP contribution in [0, 0.1) is 5.82 Å². The summed E-state index contributed by atoms with van der Waals surface area (Å²) in [4.78, 5) is 27.4. The predicted octanol–water partition coefficient (Wildman–Crippen LogP) is 3.84. The zero-order chi connectivity index (χ0) is 24.8. The number of benzene rings is 2. The Labute approximate surface area is 203 Å². The number of likely N-dealkylation sites (N-methyl/N-ethyl adjacent to an activating group) is 1. The first kappa shape index (κ1) is 26.9. The Morgan fingerprint density at radius 2 is 1.73 bits per heavy atom. The highest BCUT2D eigenvalue weighted by molar-refractivity contribution is 7.92. The van der Waals surface area contributed by atoms with E-state index in [1.807, 2.05) is 0 Å². The SMILES string of the molecule is CCNC(=O)[C@@H](CC)N(Cc1ccc(F)cc1)C(=O)CN(c1cccc(Cl)c1Cl)S(C)(=O)=O. The highest BCUT2D eigenvalue weighted by atomic mass is 35.5. The van der Waals surface area contributed by atoms with Crippen LogP contribution in [0.4, 0.5) is 10.1 Å². The molecule has 2 aromatic rings. The van der Waals surface area contributed by atoms with E-state index >= 15 is 0 Å². The minimum atomic E-state index is -3.93. The van der Waals surface area contributed by atoms with Crippen molar-refractivity contribution in [3.05, 3.63) is 63.9 Å². The highest BCUT2D eigenvalue weighted by Crippen LogP contribution is 2.33. The number of sulfonamides is 1. The molecule has 0 radical (unpaired) electrons. The Morgan fingerprint density at radius 1 is 1.09 bits per heavy atom. The molecule has 0 fully saturated rings. The van der Waals surface area contributed by atoms with Crippen LogP contribution < -0.4 is 9.62 Å². The summed E-state index contributed by atoms with van der Waals surface area (Å²) in [6, 6.07) is 9.10. The molecule has 0 aromatic heterocycles. The average Bonchev–Trinajstić information content (AvgIpc) is 2.75. The molecule has 0 spiro atoms. The molecule has 0 aliphatic carbocycles. The van der Waals surface area contributed by atoms with E-state index < -0.39 is 34.3 Å². The number of rotatable bonds is 10. The first-order valence-electron chi connectivity index (χ1n) is 10.2. The predicted molar refractivity (Wildman–Crippen MR) is 128 cm³/mol. The monoisotopic (exact) mass is 517 g/mol. The molecular formula is C22H26Cl2FN3O4S. The number of hydrogen-bond donors (Lipinski definition) is 1. The van der Waals surface area contributed by atoms with E-state index in [0.717, 1.165) is 10.6 Å². The number of carbonyl (C=O) groups is 2. The zero-order valence-corrected chi connectivity index (χ0v) is 20.8. The topological polar surface area (TPSA) is 86.8 Å². The molecule has 2 amide bonds. The Hall–Kier alpha value is -2.36. The summed E-state index contributed by atoms with van der Waals surface area (Å²) in [5.41, 5.74) is 0.631. The van der Waals surface area contributed by atoms with Gasteiger partial charge in [0.05, 0.1) is 22.0 Å². The van der Waals surface area contributed by atoms with Crippen molar-refractivity contribution in [3.8, 4) is 0 Å². The summed E-state index contributed by atoms with van der Waals surface area (Å²) in [5, 5.41) is 2.81. The summed E-state index contributed by atoms with van der Waals surface area (Å²) in [5.74, 6) is -1.44. The summed E-state index contributed by atoms with van der Waals surface area (Å²) >= 11 is 12.3. The van der Waals surface area contributed by atoms with E-state index in [9.17, 15) is 22.4 Å². The molecule has 1 atom stereocenters. The van der Waals surface area contributed by atoms with Gasteiger partial charge in [-0.1, -0.05) is 48.3 Å². The van der Waals surface area contributed by atoms with Crippen molar-refractivity contribution in [2.45, 2.75) is 32.9 Å². The van der Waals surface area contributed by atoms with Gasteiger partial charge in [0.15, 0.2) is 0 Å². The van der Waals surface area contributed by atoms with Crippen molar-refractivity contribution in [2.75, 3.05) is 23.7 Å². The molecule has 7 nitrogen and oxygen atoms in total. The first-order chi connectivity index (χ1) is 15.5. The fraction of sp³-hybridized carbons (Fsp3) is 0.364. The lowest BCUT2D eigenvalue weighted by Gasteiger charge is -2.33. The van der Waals surface area contributed by atoms with Gasteiger partial charge in [-0.2, -0.15) is 0 Å². The number of halogens is 3. The van der Waals surface area contributed by atoms with Crippen molar-refractivity contribution in [3.63, 3.8) is 0 Å². The van der Waals surface area contributed by atoms with Crippen molar-refractivity contribution in [2.24, 2.45) is 0 Å². The van der Waals surface area contributed by atoms with Crippen molar-refractivity contribution < 1.29 is 22.4 Å².